The summed E-state index contributed by atoms with van der Waals surface area (Å²) in [5.74, 6) is 5.79. The SMILES string of the molecule is CC1CC2CC1C1CCCC21. The lowest BCUT2D eigenvalue weighted by atomic mass is 9.77. The Morgan fingerprint density at radius 2 is 1.73 bits per heavy atom. The van der Waals surface area contributed by atoms with Crippen molar-refractivity contribution in [3.05, 3.63) is 0 Å². The fourth-order valence-electron chi connectivity index (χ4n) is 4.41. The molecule has 0 N–H and O–H groups in total. The van der Waals surface area contributed by atoms with Gasteiger partial charge in [-0.2, -0.15) is 0 Å². The van der Waals surface area contributed by atoms with Gasteiger partial charge in [-0.15, -0.1) is 0 Å². The fraction of sp³-hybridized carbons (Fsp3) is 1.00. The molecule has 0 spiro atoms. The lowest BCUT2D eigenvalue weighted by Crippen LogP contribution is -2.22. The first-order chi connectivity index (χ1) is 5.36. The summed E-state index contributed by atoms with van der Waals surface area (Å²) in [4.78, 5) is 0. The van der Waals surface area contributed by atoms with Crippen molar-refractivity contribution in [1.82, 2.24) is 0 Å². The Hall–Kier alpha value is 0. The number of hydrogen-bond donors (Lipinski definition) is 0. The molecule has 2 bridgehead atoms. The maximum atomic E-state index is 2.49. The highest BCUT2D eigenvalue weighted by Crippen LogP contribution is 2.60. The highest BCUT2D eigenvalue weighted by molar-refractivity contribution is 5.01. The van der Waals surface area contributed by atoms with E-state index in [-0.39, 0.29) is 0 Å². The first-order valence-electron chi connectivity index (χ1n) is 5.36. The fourth-order valence-corrected chi connectivity index (χ4v) is 4.41. The smallest absolute Gasteiger partial charge is 0.0352 e. The van der Waals surface area contributed by atoms with Crippen molar-refractivity contribution < 1.29 is 0 Å². The monoisotopic (exact) mass is 150 g/mol. The molecule has 5 atom stereocenters. The summed E-state index contributed by atoms with van der Waals surface area (Å²) in [5.41, 5.74) is 0. The third-order valence-corrected chi connectivity index (χ3v) is 4.76. The molecule has 0 nitrogen and oxygen atoms in total. The molecule has 0 amide bonds. The van der Waals surface area contributed by atoms with Gasteiger partial charge in [0.05, 0.1) is 0 Å². The second-order valence-corrected chi connectivity index (χ2v) is 5.13. The van der Waals surface area contributed by atoms with Gasteiger partial charge in [-0.25, -0.2) is 0 Å². The third-order valence-electron chi connectivity index (χ3n) is 4.76. The van der Waals surface area contributed by atoms with E-state index in [1.807, 2.05) is 0 Å². The molecule has 3 aliphatic carbocycles. The number of rotatable bonds is 0. The molecule has 0 heteroatoms. The molecule has 3 rings (SSSR count). The summed E-state index contributed by atoms with van der Waals surface area (Å²) < 4.78 is 0. The summed E-state index contributed by atoms with van der Waals surface area (Å²) in [6, 6.07) is 0. The first-order valence-corrected chi connectivity index (χ1v) is 5.36. The maximum absolute atomic E-state index is 2.49. The van der Waals surface area contributed by atoms with E-state index in [0.29, 0.717) is 0 Å². The highest BCUT2D eigenvalue weighted by Gasteiger charge is 2.52. The van der Waals surface area contributed by atoms with Gasteiger partial charge in [0.1, 0.15) is 0 Å². The van der Waals surface area contributed by atoms with Crippen molar-refractivity contribution in [1.29, 1.82) is 0 Å². The van der Waals surface area contributed by atoms with Crippen LogP contribution in [0.5, 0.6) is 0 Å². The summed E-state index contributed by atoms with van der Waals surface area (Å²) in [7, 11) is 0. The summed E-state index contributed by atoms with van der Waals surface area (Å²) in [5, 5.41) is 0. The summed E-state index contributed by atoms with van der Waals surface area (Å²) >= 11 is 0. The van der Waals surface area contributed by atoms with Gasteiger partial charge in [-0.05, 0) is 55.3 Å². The van der Waals surface area contributed by atoms with E-state index in [9.17, 15) is 0 Å². The second-order valence-electron chi connectivity index (χ2n) is 5.13. The molecular formula is C11H18. The molecule has 3 saturated carbocycles. The van der Waals surface area contributed by atoms with E-state index in [4.69, 9.17) is 0 Å². The molecule has 0 heterocycles. The number of hydrogen-bond acceptors (Lipinski definition) is 0. The zero-order valence-corrected chi connectivity index (χ0v) is 7.42. The van der Waals surface area contributed by atoms with Crippen LogP contribution in [-0.4, -0.2) is 0 Å². The molecule has 11 heavy (non-hydrogen) atoms. The van der Waals surface area contributed by atoms with Crippen LogP contribution in [0.3, 0.4) is 0 Å². The summed E-state index contributed by atoms with van der Waals surface area (Å²) in [6.07, 6.45) is 7.89. The molecule has 3 fully saturated rings. The molecular weight excluding hydrogens is 132 g/mol. The van der Waals surface area contributed by atoms with Crippen molar-refractivity contribution in [2.24, 2.45) is 29.6 Å². The van der Waals surface area contributed by atoms with Crippen molar-refractivity contribution in [3.63, 3.8) is 0 Å². The Balaban J connectivity index is 1.90. The molecule has 0 aromatic carbocycles. The van der Waals surface area contributed by atoms with Gasteiger partial charge in [-0.1, -0.05) is 13.3 Å². The molecule has 0 aliphatic heterocycles. The van der Waals surface area contributed by atoms with Crippen molar-refractivity contribution >= 4 is 0 Å². The van der Waals surface area contributed by atoms with Crippen LogP contribution in [0.1, 0.15) is 39.0 Å². The van der Waals surface area contributed by atoms with Gasteiger partial charge < -0.3 is 0 Å². The molecule has 0 aromatic rings. The van der Waals surface area contributed by atoms with Crippen LogP contribution >= 0.6 is 0 Å². The Kier molecular flexibility index (Phi) is 1.20. The first kappa shape index (κ1) is 6.51. The van der Waals surface area contributed by atoms with Gasteiger partial charge in [0.2, 0.25) is 0 Å². The molecule has 0 aromatic heterocycles. The predicted molar refractivity (Wildman–Crippen MR) is 46.2 cm³/mol. The van der Waals surface area contributed by atoms with Crippen LogP contribution in [0.15, 0.2) is 0 Å². The second kappa shape index (κ2) is 2.02. The van der Waals surface area contributed by atoms with Gasteiger partial charge in [0, 0.05) is 0 Å². The van der Waals surface area contributed by atoms with E-state index >= 15 is 0 Å². The molecule has 3 aliphatic rings. The van der Waals surface area contributed by atoms with Crippen LogP contribution in [0.2, 0.25) is 0 Å². The van der Waals surface area contributed by atoms with E-state index in [0.717, 1.165) is 11.8 Å². The maximum Gasteiger partial charge on any atom is -0.0352 e. The Morgan fingerprint density at radius 3 is 2.64 bits per heavy atom. The number of fused-ring (bicyclic) bond motifs is 5. The summed E-state index contributed by atoms with van der Waals surface area (Å²) in [6.45, 7) is 2.49. The van der Waals surface area contributed by atoms with Gasteiger partial charge in [-0.3, -0.25) is 0 Å². The normalized spacial score (nSPS) is 60.3. The quantitative estimate of drug-likeness (QED) is 0.498. The molecule has 5 unspecified atom stereocenters. The largest absolute Gasteiger partial charge is 0.0622 e. The molecule has 62 valence electrons. The van der Waals surface area contributed by atoms with Crippen LogP contribution in [-0.2, 0) is 0 Å². The van der Waals surface area contributed by atoms with Crippen LogP contribution in [0.4, 0.5) is 0 Å². The zero-order chi connectivity index (χ0) is 7.42. The minimum absolute atomic E-state index is 1.08. The topological polar surface area (TPSA) is 0 Å². The predicted octanol–water partition coefficient (Wildman–Crippen LogP) is 3.08. The van der Waals surface area contributed by atoms with Crippen molar-refractivity contribution in [2.75, 3.05) is 0 Å². The molecule has 0 radical (unpaired) electrons. The van der Waals surface area contributed by atoms with E-state index in [1.165, 1.54) is 17.8 Å². The van der Waals surface area contributed by atoms with E-state index < -0.39 is 0 Å². The van der Waals surface area contributed by atoms with Crippen LogP contribution in [0, 0.1) is 29.6 Å². The Bertz CT molecular complexity index is 173. The van der Waals surface area contributed by atoms with Crippen LogP contribution < -0.4 is 0 Å². The van der Waals surface area contributed by atoms with Crippen molar-refractivity contribution in [2.45, 2.75) is 39.0 Å². The zero-order valence-electron chi connectivity index (χ0n) is 7.42. The average molecular weight is 150 g/mol. The minimum Gasteiger partial charge on any atom is -0.0622 e. The minimum atomic E-state index is 1.08. The Labute approximate surface area is 69.4 Å². The Morgan fingerprint density at radius 1 is 0.909 bits per heavy atom. The van der Waals surface area contributed by atoms with Gasteiger partial charge >= 0.3 is 0 Å². The lowest BCUT2D eigenvalue weighted by Gasteiger charge is -2.29. The average Bonchev–Trinajstić information content (AvgIpc) is 2.52. The molecule has 0 saturated heterocycles. The van der Waals surface area contributed by atoms with Gasteiger partial charge in [0.15, 0.2) is 0 Å². The van der Waals surface area contributed by atoms with E-state index in [2.05, 4.69) is 6.92 Å². The lowest BCUT2D eigenvalue weighted by molar-refractivity contribution is 0.201. The van der Waals surface area contributed by atoms with E-state index in [1.54, 1.807) is 32.1 Å². The van der Waals surface area contributed by atoms with Gasteiger partial charge in [0.25, 0.3) is 0 Å². The standard InChI is InChI=1S/C11H18/c1-7-5-8-6-11(7)10-4-2-3-9(8)10/h7-11H,2-6H2,1H3. The van der Waals surface area contributed by atoms with Crippen molar-refractivity contribution in [3.8, 4) is 0 Å². The van der Waals surface area contributed by atoms with Crippen LogP contribution in [0.25, 0.3) is 0 Å². The highest BCUT2D eigenvalue weighted by atomic mass is 14.6. The third kappa shape index (κ3) is 0.711.